The van der Waals surface area contributed by atoms with Gasteiger partial charge >= 0.3 is 6.03 Å². The molecule has 0 radical (unpaired) electrons. The number of carbonyl (C=O) groups excluding carboxylic acids is 2. The summed E-state index contributed by atoms with van der Waals surface area (Å²) in [5.74, 6) is 0.934. The van der Waals surface area contributed by atoms with Crippen molar-refractivity contribution < 1.29 is 14.3 Å². The van der Waals surface area contributed by atoms with Gasteiger partial charge in [0.15, 0.2) is 0 Å². The van der Waals surface area contributed by atoms with Gasteiger partial charge in [-0.15, -0.1) is 0 Å². The highest BCUT2D eigenvalue weighted by Gasteiger charge is 2.33. The van der Waals surface area contributed by atoms with Gasteiger partial charge < -0.3 is 10.1 Å². The Labute approximate surface area is 153 Å². The molecule has 1 atom stereocenters. The number of nitrogens with one attached hydrogen (secondary N) is 1. The molecule has 0 aromatic heterocycles. The van der Waals surface area contributed by atoms with Crippen molar-refractivity contribution in [1.82, 2.24) is 20.0 Å². The van der Waals surface area contributed by atoms with Gasteiger partial charge in [-0.05, 0) is 24.1 Å². The van der Waals surface area contributed by atoms with Gasteiger partial charge in [-0.3, -0.25) is 19.5 Å². The van der Waals surface area contributed by atoms with E-state index in [2.05, 4.69) is 33.3 Å². The lowest BCUT2D eigenvalue weighted by molar-refractivity contribution is -0.133. The highest BCUT2D eigenvalue weighted by molar-refractivity contribution is 5.98. The third-order valence-electron chi connectivity index (χ3n) is 5.59. The van der Waals surface area contributed by atoms with E-state index in [0.29, 0.717) is 13.1 Å². The summed E-state index contributed by atoms with van der Waals surface area (Å²) in [6, 6.07) is 5.97. The van der Waals surface area contributed by atoms with Crippen LogP contribution in [0.25, 0.3) is 0 Å². The lowest BCUT2D eigenvalue weighted by Crippen LogP contribution is -2.54. The van der Waals surface area contributed by atoms with Crippen molar-refractivity contribution in [3.8, 4) is 5.75 Å². The van der Waals surface area contributed by atoms with E-state index in [-0.39, 0.29) is 18.0 Å². The van der Waals surface area contributed by atoms with Crippen molar-refractivity contribution in [2.45, 2.75) is 25.9 Å². The van der Waals surface area contributed by atoms with E-state index in [1.807, 2.05) is 6.92 Å². The second-order valence-electron chi connectivity index (χ2n) is 7.25. The maximum absolute atomic E-state index is 12.5. The van der Waals surface area contributed by atoms with E-state index in [0.717, 1.165) is 51.5 Å². The van der Waals surface area contributed by atoms with Crippen molar-refractivity contribution >= 4 is 11.9 Å². The zero-order valence-corrected chi connectivity index (χ0v) is 15.2. The van der Waals surface area contributed by atoms with E-state index in [1.54, 1.807) is 0 Å². The van der Waals surface area contributed by atoms with Crippen LogP contribution in [0.15, 0.2) is 18.2 Å². The summed E-state index contributed by atoms with van der Waals surface area (Å²) in [6.45, 7) is 8.20. The molecular weight excluding hydrogens is 332 g/mol. The smallest absolute Gasteiger partial charge is 0.324 e. The molecule has 26 heavy (non-hydrogen) atoms. The molecule has 3 aliphatic heterocycles. The number of imide groups is 1. The van der Waals surface area contributed by atoms with Crippen LogP contribution in [0.1, 0.15) is 18.1 Å². The van der Waals surface area contributed by atoms with Crippen LogP contribution >= 0.6 is 0 Å². The first kappa shape index (κ1) is 17.3. The van der Waals surface area contributed by atoms with Gasteiger partial charge in [-0.25, -0.2) is 4.79 Å². The van der Waals surface area contributed by atoms with Crippen LogP contribution in [0.2, 0.25) is 0 Å². The molecule has 1 N–H and O–H groups in total. The Morgan fingerprint density at radius 2 is 2.04 bits per heavy atom. The number of hydrogen-bond donors (Lipinski definition) is 1. The molecule has 0 bridgehead atoms. The van der Waals surface area contributed by atoms with E-state index in [4.69, 9.17) is 4.74 Å². The van der Waals surface area contributed by atoms with Gasteiger partial charge in [0, 0.05) is 52.2 Å². The molecule has 3 amide bonds. The number of amides is 3. The van der Waals surface area contributed by atoms with Gasteiger partial charge in [0.25, 0.3) is 0 Å². The van der Waals surface area contributed by atoms with Crippen molar-refractivity contribution in [2.24, 2.45) is 0 Å². The Hall–Kier alpha value is -2.12. The normalized spacial score (nSPS) is 22.0. The first-order chi connectivity index (χ1) is 12.6. The average Bonchev–Trinajstić information content (AvgIpc) is 3.29. The fourth-order valence-corrected chi connectivity index (χ4v) is 3.97. The molecule has 7 nitrogen and oxygen atoms in total. The zero-order valence-electron chi connectivity index (χ0n) is 15.2. The minimum absolute atomic E-state index is 0.0907. The van der Waals surface area contributed by atoms with Gasteiger partial charge in [0.2, 0.25) is 5.91 Å². The van der Waals surface area contributed by atoms with Crippen LogP contribution < -0.4 is 10.1 Å². The Morgan fingerprint density at radius 3 is 2.77 bits per heavy atom. The number of fused-ring (bicyclic) bond motifs is 1. The van der Waals surface area contributed by atoms with E-state index in [9.17, 15) is 9.59 Å². The number of benzene rings is 1. The molecule has 0 spiro atoms. The number of urea groups is 1. The van der Waals surface area contributed by atoms with Crippen LogP contribution in [0.4, 0.5) is 4.79 Å². The highest BCUT2D eigenvalue weighted by atomic mass is 16.5. The van der Waals surface area contributed by atoms with Crippen LogP contribution in [0.3, 0.4) is 0 Å². The number of piperazine rings is 1. The second kappa shape index (κ2) is 7.25. The fraction of sp³-hybridized carbons (Fsp3) is 0.579. The molecule has 0 unspecified atom stereocenters. The average molecular weight is 358 g/mol. The summed E-state index contributed by atoms with van der Waals surface area (Å²) in [5.41, 5.74) is 2.63. The number of nitrogens with zero attached hydrogens (tertiary/aromatic N) is 3. The summed E-state index contributed by atoms with van der Waals surface area (Å²) in [5, 5.41) is 2.69. The third kappa shape index (κ3) is 3.41. The number of ether oxygens (including phenoxy) is 1. The fourth-order valence-electron chi connectivity index (χ4n) is 3.97. The number of rotatable bonds is 4. The Bertz CT molecular complexity index is 700. The lowest BCUT2D eigenvalue weighted by atomic mass is 10.1. The van der Waals surface area contributed by atoms with Gasteiger partial charge in [0.1, 0.15) is 5.75 Å². The molecule has 1 aromatic carbocycles. The number of hydrogen-bond acceptors (Lipinski definition) is 5. The van der Waals surface area contributed by atoms with Crippen LogP contribution in [0, 0.1) is 0 Å². The Kier molecular flexibility index (Phi) is 4.82. The molecule has 1 aromatic rings. The Morgan fingerprint density at radius 1 is 1.23 bits per heavy atom. The molecule has 3 aliphatic rings. The number of carbonyl (C=O) groups is 2. The molecule has 2 fully saturated rings. The monoisotopic (exact) mass is 358 g/mol. The predicted molar refractivity (Wildman–Crippen MR) is 97.1 cm³/mol. The Balaban J connectivity index is 1.29. The topological polar surface area (TPSA) is 65.1 Å². The maximum atomic E-state index is 12.5. The van der Waals surface area contributed by atoms with Crippen molar-refractivity contribution in [3.05, 3.63) is 29.3 Å². The largest absolute Gasteiger partial charge is 0.493 e. The first-order valence-corrected chi connectivity index (χ1v) is 9.42. The molecule has 2 saturated heterocycles. The summed E-state index contributed by atoms with van der Waals surface area (Å²) < 4.78 is 5.57. The van der Waals surface area contributed by atoms with Gasteiger partial charge in [0.05, 0.1) is 12.6 Å². The van der Waals surface area contributed by atoms with Crippen LogP contribution in [0.5, 0.6) is 5.75 Å². The minimum atomic E-state index is -0.263. The van der Waals surface area contributed by atoms with Crippen molar-refractivity contribution in [2.75, 3.05) is 45.9 Å². The quantitative estimate of drug-likeness (QED) is 0.858. The van der Waals surface area contributed by atoms with E-state index in [1.165, 1.54) is 16.0 Å². The van der Waals surface area contributed by atoms with Crippen LogP contribution in [-0.4, -0.2) is 78.6 Å². The minimum Gasteiger partial charge on any atom is -0.493 e. The van der Waals surface area contributed by atoms with Gasteiger partial charge in [-0.2, -0.15) is 0 Å². The summed E-state index contributed by atoms with van der Waals surface area (Å²) >= 11 is 0. The van der Waals surface area contributed by atoms with Crippen LogP contribution in [-0.2, 0) is 17.8 Å². The van der Waals surface area contributed by atoms with Crippen molar-refractivity contribution in [3.63, 3.8) is 0 Å². The molecule has 4 rings (SSSR count). The predicted octanol–water partition coefficient (Wildman–Crippen LogP) is 0.679. The first-order valence-electron chi connectivity index (χ1n) is 9.42. The molecule has 7 heteroatoms. The summed E-state index contributed by atoms with van der Waals surface area (Å²) in [6.07, 6.45) is 1.00. The maximum Gasteiger partial charge on any atom is 0.324 e. The van der Waals surface area contributed by atoms with E-state index >= 15 is 0 Å². The molecule has 3 heterocycles. The SMILES string of the molecule is C[C@@H](C(=O)N1CCNC1=O)N1CCN(Cc2ccc3c(c2)CCO3)CC1. The molecule has 0 saturated carbocycles. The standard InChI is InChI=1S/C19H26N4O3/c1-14(18(24)23-6-5-20-19(23)25)22-9-7-21(8-10-22)13-15-2-3-17-16(12-15)4-11-26-17/h2-3,12,14H,4-11,13H2,1H3,(H,20,25)/t14-/m0/s1. The molecule has 140 valence electrons. The lowest BCUT2D eigenvalue weighted by Gasteiger charge is -2.38. The highest BCUT2D eigenvalue weighted by Crippen LogP contribution is 2.26. The molecular formula is C19H26N4O3. The summed E-state index contributed by atoms with van der Waals surface area (Å²) in [4.78, 5) is 30.2. The van der Waals surface area contributed by atoms with E-state index < -0.39 is 0 Å². The zero-order chi connectivity index (χ0) is 18.1. The van der Waals surface area contributed by atoms with Gasteiger partial charge in [-0.1, -0.05) is 12.1 Å². The second-order valence-corrected chi connectivity index (χ2v) is 7.25. The van der Waals surface area contributed by atoms with Crippen molar-refractivity contribution in [1.29, 1.82) is 0 Å². The molecule has 0 aliphatic carbocycles. The summed E-state index contributed by atoms with van der Waals surface area (Å²) in [7, 11) is 0. The third-order valence-corrected chi connectivity index (χ3v) is 5.59.